The lowest BCUT2D eigenvalue weighted by molar-refractivity contribution is 0.1000. The fourth-order valence-electron chi connectivity index (χ4n) is 2.87. The predicted octanol–water partition coefficient (Wildman–Crippen LogP) is 3.62. The molecule has 2 aromatic carbocycles. The molecule has 1 aliphatic carbocycles. The number of fused-ring (bicyclic) bond motifs is 1. The van der Waals surface area contributed by atoms with Crippen molar-refractivity contribution in [2.24, 2.45) is 11.7 Å². The fraction of sp³-hybridized carbons (Fsp3) is 0.278. The summed E-state index contributed by atoms with van der Waals surface area (Å²) in [4.78, 5) is 11.2. The number of nitrogens with two attached hydrogens (primary N) is 1. The van der Waals surface area contributed by atoms with Gasteiger partial charge in [0.25, 0.3) is 0 Å². The molecule has 1 amide bonds. The van der Waals surface area contributed by atoms with Crippen molar-refractivity contribution in [3.63, 3.8) is 0 Å². The molecule has 22 heavy (non-hydrogen) atoms. The summed E-state index contributed by atoms with van der Waals surface area (Å²) in [6.07, 6.45) is 3.00. The quantitative estimate of drug-likeness (QED) is 0.936. The summed E-state index contributed by atoms with van der Waals surface area (Å²) < 4.78 is 5.84. The lowest BCUT2D eigenvalue weighted by atomic mass is 9.83. The Labute approximate surface area is 135 Å². The van der Waals surface area contributed by atoms with Crippen LogP contribution in [0.3, 0.4) is 0 Å². The minimum absolute atomic E-state index is 0.365. The molecule has 4 heteroatoms. The number of ether oxygens (including phenoxy) is 1. The number of carbonyl (C=O) groups excluding carboxylic acids is 1. The maximum absolute atomic E-state index is 11.2. The van der Waals surface area contributed by atoms with E-state index >= 15 is 0 Å². The van der Waals surface area contributed by atoms with Crippen LogP contribution in [0.2, 0.25) is 5.02 Å². The van der Waals surface area contributed by atoms with Crippen LogP contribution in [0.1, 0.15) is 27.9 Å². The van der Waals surface area contributed by atoms with Gasteiger partial charge in [-0.15, -0.1) is 0 Å². The van der Waals surface area contributed by atoms with Crippen LogP contribution in [-0.4, -0.2) is 12.5 Å². The largest absolute Gasteiger partial charge is 0.493 e. The molecule has 0 saturated carbocycles. The van der Waals surface area contributed by atoms with E-state index in [4.69, 9.17) is 22.1 Å². The maximum Gasteiger partial charge on any atom is 0.248 e. The highest BCUT2D eigenvalue weighted by atomic mass is 35.5. The molecule has 0 aliphatic heterocycles. The number of primary amides is 1. The van der Waals surface area contributed by atoms with Crippen molar-refractivity contribution < 1.29 is 9.53 Å². The second-order valence-electron chi connectivity index (χ2n) is 5.72. The summed E-state index contributed by atoms with van der Waals surface area (Å²) in [6.45, 7) is 0.693. The molecule has 0 aromatic heterocycles. The van der Waals surface area contributed by atoms with E-state index in [1.54, 1.807) is 0 Å². The first-order valence-electron chi connectivity index (χ1n) is 7.42. The molecule has 1 aliphatic rings. The molecule has 3 rings (SSSR count). The Morgan fingerprint density at radius 2 is 1.95 bits per heavy atom. The van der Waals surface area contributed by atoms with Gasteiger partial charge in [-0.05, 0) is 72.7 Å². The zero-order valence-corrected chi connectivity index (χ0v) is 13.0. The Kier molecular flexibility index (Phi) is 4.34. The molecule has 0 radical (unpaired) electrons. The van der Waals surface area contributed by atoms with Gasteiger partial charge in [0.2, 0.25) is 5.91 Å². The van der Waals surface area contributed by atoms with Gasteiger partial charge in [-0.2, -0.15) is 0 Å². The Morgan fingerprint density at radius 1 is 1.18 bits per heavy atom. The van der Waals surface area contributed by atoms with Crippen molar-refractivity contribution in [3.05, 3.63) is 64.2 Å². The highest BCUT2D eigenvalue weighted by Gasteiger charge is 2.20. The Bertz CT molecular complexity index is 682. The first-order valence-corrected chi connectivity index (χ1v) is 7.79. The van der Waals surface area contributed by atoms with Crippen molar-refractivity contribution in [1.29, 1.82) is 0 Å². The van der Waals surface area contributed by atoms with E-state index in [0.29, 0.717) is 23.1 Å². The summed E-state index contributed by atoms with van der Waals surface area (Å²) in [5, 5.41) is 0.712. The van der Waals surface area contributed by atoms with Gasteiger partial charge in [-0.25, -0.2) is 0 Å². The zero-order valence-electron chi connectivity index (χ0n) is 12.2. The molecule has 3 nitrogen and oxygen atoms in total. The average Bonchev–Trinajstić information content (AvgIpc) is 2.53. The van der Waals surface area contributed by atoms with Gasteiger partial charge in [0, 0.05) is 10.6 Å². The van der Waals surface area contributed by atoms with Gasteiger partial charge in [0.1, 0.15) is 5.75 Å². The van der Waals surface area contributed by atoms with E-state index in [9.17, 15) is 4.79 Å². The van der Waals surface area contributed by atoms with E-state index in [-0.39, 0.29) is 5.91 Å². The van der Waals surface area contributed by atoms with Crippen LogP contribution in [0.15, 0.2) is 42.5 Å². The third-order valence-corrected chi connectivity index (χ3v) is 4.37. The van der Waals surface area contributed by atoms with Crippen LogP contribution < -0.4 is 10.5 Å². The van der Waals surface area contributed by atoms with Crippen molar-refractivity contribution in [2.75, 3.05) is 6.61 Å². The van der Waals surface area contributed by atoms with Gasteiger partial charge >= 0.3 is 0 Å². The molecule has 0 heterocycles. The lowest BCUT2D eigenvalue weighted by Gasteiger charge is -2.25. The first kappa shape index (κ1) is 14.9. The van der Waals surface area contributed by atoms with Gasteiger partial charge < -0.3 is 10.5 Å². The summed E-state index contributed by atoms with van der Waals surface area (Å²) in [5.74, 6) is 0.970. The average molecular weight is 316 g/mol. The minimum Gasteiger partial charge on any atom is -0.493 e. The van der Waals surface area contributed by atoms with Gasteiger partial charge in [-0.3, -0.25) is 4.79 Å². The normalized spacial score (nSPS) is 16.9. The smallest absolute Gasteiger partial charge is 0.248 e. The van der Waals surface area contributed by atoms with Gasteiger partial charge in [-0.1, -0.05) is 17.7 Å². The zero-order chi connectivity index (χ0) is 15.5. The van der Waals surface area contributed by atoms with Crippen LogP contribution >= 0.6 is 11.6 Å². The minimum atomic E-state index is -0.365. The molecule has 1 atom stereocenters. The molecule has 2 N–H and O–H groups in total. The van der Waals surface area contributed by atoms with Gasteiger partial charge in [0.05, 0.1) is 6.61 Å². The monoisotopic (exact) mass is 315 g/mol. The maximum atomic E-state index is 11.2. The Morgan fingerprint density at radius 3 is 2.68 bits per heavy atom. The van der Waals surface area contributed by atoms with Crippen molar-refractivity contribution >= 4 is 17.5 Å². The van der Waals surface area contributed by atoms with Crippen LogP contribution in [0, 0.1) is 5.92 Å². The Balaban J connectivity index is 1.62. The molecule has 2 aromatic rings. The van der Waals surface area contributed by atoms with Crippen LogP contribution in [0.5, 0.6) is 5.75 Å². The van der Waals surface area contributed by atoms with Crippen LogP contribution in [-0.2, 0) is 12.8 Å². The molecule has 114 valence electrons. The molecule has 0 spiro atoms. The number of hydrogen-bond donors (Lipinski definition) is 1. The summed E-state index contributed by atoms with van der Waals surface area (Å²) >= 11 is 5.86. The third kappa shape index (κ3) is 3.42. The Hall–Kier alpha value is -2.00. The number of benzene rings is 2. The number of rotatable bonds is 4. The third-order valence-electron chi connectivity index (χ3n) is 4.12. The first-order chi connectivity index (χ1) is 10.6. The molecular weight excluding hydrogens is 298 g/mol. The summed E-state index contributed by atoms with van der Waals surface area (Å²) in [5.41, 5.74) is 8.45. The number of amides is 1. The van der Waals surface area contributed by atoms with Gasteiger partial charge in [0.15, 0.2) is 0 Å². The predicted molar refractivity (Wildman–Crippen MR) is 87.4 cm³/mol. The molecular formula is C18H18ClNO2. The second-order valence-corrected chi connectivity index (χ2v) is 6.16. The van der Waals surface area contributed by atoms with E-state index in [0.717, 1.165) is 25.0 Å². The highest BCUT2D eigenvalue weighted by molar-refractivity contribution is 6.30. The standard InChI is InChI=1S/C18H18ClNO2/c19-16-5-7-17(8-6-16)22-11-12-1-2-14-10-15(18(20)21)4-3-13(14)9-12/h3-8,10,12H,1-2,9,11H2,(H2,20,21). The van der Waals surface area contributed by atoms with E-state index < -0.39 is 0 Å². The number of hydrogen-bond acceptors (Lipinski definition) is 2. The number of aryl methyl sites for hydroxylation is 1. The van der Waals surface area contributed by atoms with E-state index in [1.165, 1.54) is 11.1 Å². The van der Waals surface area contributed by atoms with Crippen molar-refractivity contribution in [2.45, 2.75) is 19.3 Å². The van der Waals surface area contributed by atoms with E-state index in [1.807, 2.05) is 42.5 Å². The second kappa shape index (κ2) is 6.41. The SMILES string of the molecule is NC(=O)c1ccc2c(c1)CCC(COc1ccc(Cl)cc1)C2. The van der Waals surface area contributed by atoms with E-state index in [2.05, 4.69) is 0 Å². The lowest BCUT2D eigenvalue weighted by Crippen LogP contribution is -2.21. The van der Waals surface area contributed by atoms with Crippen molar-refractivity contribution in [3.8, 4) is 5.75 Å². The summed E-state index contributed by atoms with van der Waals surface area (Å²) in [6, 6.07) is 13.2. The topological polar surface area (TPSA) is 52.3 Å². The highest BCUT2D eigenvalue weighted by Crippen LogP contribution is 2.27. The molecule has 0 bridgehead atoms. The van der Waals surface area contributed by atoms with Crippen LogP contribution in [0.4, 0.5) is 0 Å². The number of carbonyl (C=O) groups is 1. The van der Waals surface area contributed by atoms with Crippen molar-refractivity contribution in [1.82, 2.24) is 0 Å². The molecule has 0 saturated heterocycles. The van der Waals surface area contributed by atoms with Crippen LogP contribution in [0.25, 0.3) is 0 Å². The fourth-order valence-corrected chi connectivity index (χ4v) is 3.00. The molecule has 1 unspecified atom stereocenters. The number of halogens is 1. The molecule has 0 fully saturated rings. The summed E-state index contributed by atoms with van der Waals surface area (Å²) in [7, 11) is 0.